The summed E-state index contributed by atoms with van der Waals surface area (Å²) in [6.45, 7) is 5.95. The van der Waals surface area contributed by atoms with Gasteiger partial charge in [0.05, 0.1) is 0 Å². The zero-order valence-corrected chi connectivity index (χ0v) is 8.34. The van der Waals surface area contributed by atoms with Gasteiger partial charge in [0.2, 0.25) is 0 Å². The second kappa shape index (κ2) is 5.26. The third-order valence-corrected chi connectivity index (χ3v) is 1.86. The Kier molecular flexibility index (Phi) is 5.06. The summed E-state index contributed by atoms with van der Waals surface area (Å²) >= 11 is 0. The van der Waals surface area contributed by atoms with E-state index in [0.717, 1.165) is 10.9 Å². The van der Waals surface area contributed by atoms with E-state index in [2.05, 4.69) is 9.24 Å². The smallest absolute Gasteiger partial charge is 0.123 e. The number of hydrogen-bond donors (Lipinski definition) is 0. The van der Waals surface area contributed by atoms with Crippen LogP contribution in [0.25, 0.3) is 0 Å². The van der Waals surface area contributed by atoms with Crippen LogP contribution in [-0.2, 0) is 0 Å². The Balaban J connectivity index is 0.000000461. The van der Waals surface area contributed by atoms with Crippen molar-refractivity contribution >= 4 is 14.5 Å². The highest BCUT2D eigenvalue weighted by Crippen LogP contribution is 2.01. The van der Waals surface area contributed by atoms with Gasteiger partial charge in [-0.15, -0.1) is 9.24 Å². The lowest BCUT2D eigenvalue weighted by molar-refractivity contribution is 0.628. The summed E-state index contributed by atoms with van der Waals surface area (Å²) in [6.07, 6.45) is 0. The zero-order chi connectivity index (χ0) is 8.85. The van der Waals surface area contributed by atoms with E-state index in [0.29, 0.717) is 0 Å². The molecule has 0 radical (unpaired) electrons. The van der Waals surface area contributed by atoms with Crippen molar-refractivity contribution in [1.29, 1.82) is 0 Å². The van der Waals surface area contributed by atoms with Gasteiger partial charge in [-0.05, 0) is 29.9 Å². The van der Waals surface area contributed by atoms with Gasteiger partial charge in [-0.3, -0.25) is 0 Å². The van der Waals surface area contributed by atoms with E-state index in [4.69, 9.17) is 0 Å². The number of hydrogen-bond acceptors (Lipinski definition) is 0. The van der Waals surface area contributed by atoms with Gasteiger partial charge < -0.3 is 0 Å². The first-order chi connectivity index (χ1) is 5.20. The maximum Gasteiger partial charge on any atom is 0.123 e. The molecule has 0 fully saturated rings. The first kappa shape index (κ1) is 10.6. The molecule has 0 bridgehead atoms. The lowest BCUT2D eigenvalue weighted by atomic mass is 10.2. The molecular formula is C9H14FP. The molecule has 1 aromatic carbocycles. The molecule has 0 saturated carbocycles. The summed E-state index contributed by atoms with van der Waals surface area (Å²) in [6, 6.07) is 4.72. The van der Waals surface area contributed by atoms with Crippen LogP contribution in [0.15, 0.2) is 18.2 Å². The second-order valence-electron chi connectivity index (χ2n) is 2.00. The van der Waals surface area contributed by atoms with Crippen LogP contribution < -0.4 is 5.30 Å². The van der Waals surface area contributed by atoms with Crippen LogP contribution >= 0.6 is 9.24 Å². The van der Waals surface area contributed by atoms with Crippen LogP contribution in [0.1, 0.15) is 19.4 Å². The molecule has 0 N–H and O–H groups in total. The molecule has 0 aliphatic rings. The van der Waals surface area contributed by atoms with Crippen molar-refractivity contribution in [2.24, 2.45) is 0 Å². The van der Waals surface area contributed by atoms with Crippen LogP contribution in [0.3, 0.4) is 0 Å². The van der Waals surface area contributed by atoms with Crippen molar-refractivity contribution in [1.82, 2.24) is 0 Å². The number of aryl methyl sites for hydroxylation is 1. The quantitative estimate of drug-likeness (QED) is 0.528. The van der Waals surface area contributed by atoms with E-state index in [-0.39, 0.29) is 5.82 Å². The third-order valence-electron chi connectivity index (χ3n) is 1.24. The van der Waals surface area contributed by atoms with E-state index in [9.17, 15) is 4.39 Å². The first-order valence-electron chi connectivity index (χ1n) is 3.72. The Morgan fingerprint density at radius 3 is 2.18 bits per heavy atom. The lowest BCUT2D eigenvalue weighted by Gasteiger charge is -1.95. The standard InChI is InChI=1S/C7H8FP.C2H6/c1-5-2-3-6(8)4-7(5)9;1-2/h2-4H,9H2,1H3;1-2H3. The fourth-order valence-corrected chi connectivity index (χ4v) is 0.867. The monoisotopic (exact) mass is 172 g/mol. The molecule has 0 aromatic heterocycles. The molecule has 11 heavy (non-hydrogen) atoms. The molecule has 0 aliphatic heterocycles. The summed E-state index contributed by atoms with van der Waals surface area (Å²) in [5.74, 6) is -0.175. The molecule has 0 saturated heterocycles. The highest BCUT2D eigenvalue weighted by atomic mass is 31.0. The maximum absolute atomic E-state index is 12.3. The zero-order valence-electron chi connectivity index (χ0n) is 7.19. The average molecular weight is 172 g/mol. The second-order valence-corrected chi connectivity index (χ2v) is 2.62. The number of halogens is 1. The van der Waals surface area contributed by atoms with Crippen molar-refractivity contribution in [3.05, 3.63) is 29.6 Å². The van der Waals surface area contributed by atoms with Crippen LogP contribution in [0.2, 0.25) is 0 Å². The third kappa shape index (κ3) is 3.48. The minimum atomic E-state index is -0.175. The molecular weight excluding hydrogens is 158 g/mol. The molecule has 62 valence electrons. The van der Waals surface area contributed by atoms with E-state index in [1.807, 2.05) is 20.8 Å². The summed E-state index contributed by atoms with van der Waals surface area (Å²) < 4.78 is 12.3. The van der Waals surface area contributed by atoms with E-state index in [1.54, 1.807) is 6.07 Å². The summed E-state index contributed by atoms with van der Waals surface area (Å²) in [5.41, 5.74) is 1.10. The number of rotatable bonds is 0. The van der Waals surface area contributed by atoms with Crippen LogP contribution in [0.5, 0.6) is 0 Å². The van der Waals surface area contributed by atoms with Crippen LogP contribution in [0, 0.1) is 12.7 Å². The summed E-state index contributed by atoms with van der Waals surface area (Å²) in [4.78, 5) is 0. The van der Waals surface area contributed by atoms with Crippen molar-refractivity contribution in [3.63, 3.8) is 0 Å². The topological polar surface area (TPSA) is 0 Å². The average Bonchev–Trinajstić information content (AvgIpc) is 2.02. The van der Waals surface area contributed by atoms with Crippen molar-refractivity contribution < 1.29 is 4.39 Å². The maximum atomic E-state index is 12.3. The van der Waals surface area contributed by atoms with E-state index in [1.165, 1.54) is 12.1 Å². The number of benzene rings is 1. The fourth-order valence-electron chi connectivity index (χ4n) is 0.611. The van der Waals surface area contributed by atoms with Gasteiger partial charge in [0.25, 0.3) is 0 Å². The SMILES string of the molecule is CC.Cc1ccc(F)cc1P. The van der Waals surface area contributed by atoms with Gasteiger partial charge in [-0.2, -0.15) is 0 Å². The van der Waals surface area contributed by atoms with Crippen molar-refractivity contribution in [3.8, 4) is 0 Å². The molecule has 1 unspecified atom stereocenters. The Morgan fingerprint density at radius 1 is 1.27 bits per heavy atom. The molecule has 0 aliphatic carbocycles. The highest BCUT2D eigenvalue weighted by molar-refractivity contribution is 7.27. The van der Waals surface area contributed by atoms with Gasteiger partial charge in [0, 0.05) is 0 Å². The van der Waals surface area contributed by atoms with Crippen molar-refractivity contribution in [2.75, 3.05) is 0 Å². The van der Waals surface area contributed by atoms with Crippen LogP contribution in [0.4, 0.5) is 4.39 Å². The lowest BCUT2D eigenvalue weighted by Crippen LogP contribution is -1.96. The minimum absolute atomic E-state index is 0.175. The van der Waals surface area contributed by atoms with E-state index < -0.39 is 0 Å². The Morgan fingerprint density at radius 2 is 1.82 bits per heavy atom. The van der Waals surface area contributed by atoms with E-state index >= 15 is 0 Å². The first-order valence-corrected chi connectivity index (χ1v) is 4.29. The van der Waals surface area contributed by atoms with Gasteiger partial charge >= 0.3 is 0 Å². The molecule has 0 nitrogen and oxygen atoms in total. The predicted octanol–water partition coefficient (Wildman–Crippen LogP) is 2.66. The van der Waals surface area contributed by atoms with Gasteiger partial charge in [-0.1, -0.05) is 19.9 Å². The normalized spacial score (nSPS) is 8.45. The van der Waals surface area contributed by atoms with Gasteiger partial charge in [0.1, 0.15) is 5.82 Å². The Bertz CT molecular complexity index is 221. The molecule has 0 amide bonds. The minimum Gasteiger partial charge on any atom is -0.207 e. The largest absolute Gasteiger partial charge is 0.207 e. The van der Waals surface area contributed by atoms with Crippen molar-refractivity contribution in [2.45, 2.75) is 20.8 Å². The molecule has 2 heteroatoms. The predicted molar refractivity (Wildman–Crippen MR) is 51.8 cm³/mol. The Hall–Kier alpha value is -0.420. The van der Waals surface area contributed by atoms with Crippen LogP contribution in [-0.4, -0.2) is 0 Å². The Labute approximate surface area is 70.0 Å². The highest BCUT2D eigenvalue weighted by Gasteiger charge is 1.92. The van der Waals surface area contributed by atoms with Gasteiger partial charge in [0.15, 0.2) is 0 Å². The summed E-state index contributed by atoms with van der Waals surface area (Å²) in [7, 11) is 2.48. The molecule has 0 heterocycles. The summed E-state index contributed by atoms with van der Waals surface area (Å²) in [5, 5.41) is 0.926. The van der Waals surface area contributed by atoms with Gasteiger partial charge in [-0.25, -0.2) is 4.39 Å². The molecule has 1 atom stereocenters. The molecule has 1 aromatic rings. The molecule has 1 rings (SSSR count). The fraction of sp³-hybridized carbons (Fsp3) is 0.333. The molecule has 0 spiro atoms.